The molecule has 2 aromatic carbocycles. The van der Waals surface area contributed by atoms with E-state index in [2.05, 4.69) is 18.7 Å². The number of hydrogen-bond donors (Lipinski definition) is 0. The molecule has 0 aromatic heterocycles. The molecule has 120 valence electrons. The predicted octanol–water partition coefficient (Wildman–Crippen LogP) is 4.82. The van der Waals surface area contributed by atoms with Crippen LogP contribution in [-0.4, -0.2) is 18.9 Å². The zero-order valence-corrected chi connectivity index (χ0v) is 13.8. The summed E-state index contributed by atoms with van der Waals surface area (Å²) in [4.78, 5) is 5.27. The van der Waals surface area contributed by atoms with E-state index in [1.54, 1.807) is 0 Å². The fraction of sp³-hybridized carbons (Fsp3) is 0.250. The molecule has 0 saturated heterocycles. The molecule has 0 unspecified atom stereocenters. The first-order valence-corrected chi connectivity index (χ1v) is 7.89. The normalized spacial score (nSPS) is 11.1. The second-order valence-electron chi connectivity index (χ2n) is 5.14. The van der Waals surface area contributed by atoms with Crippen molar-refractivity contribution in [3.63, 3.8) is 0 Å². The third kappa shape index (κ3) is 4.99. The van der Waals surface area contributed by atoms with Crippen molar-refractivity contribution in [1.29, 1.82) is 0 Å². The van der Waals surface area contributed by atoms with Crippen molar-refractivity contribution < 1.29 is 9.57 Å². The van der Waals surface area contributed by atoms with Crippen LogP contribution < -0.4 is 4.74 Å². The van der Waals surface area contributed by atoms with Gasteiger partial charge in [0.25, 0.3) is 0 Å². The van der Waals surface area contributed by atoms with Gasteiger partial charge in [0, 0.05) is 11.1 Å². The molecular weight excluding hydrogens is 286 g/mol. The van der Waals surface area contributed by atoms with E-state index in [-0.39, 0.29) is 0 Å². The average Bonchev–Trinajstić information content (AvgIpc) is 2.62. The summed E-state index contributed by atoms with van der Waals surface area (Å²) in [6.45, 7) is 9.03. The molecule has 0 bridgehead atoms. The molecule has 0 aliphatic rings. The second kappa shape index (κ2) is 8.79. The molecule has 3 heteroatoms. The minimum Gasteiger partial charge on any atom is -0.489 e. The first kappa shape index (κ1) is 16.8. The van der Waals surface area contributed by atoms with Crippen LogP contribution in [0.15, 0.2) is 71.9 Å². The summed E-state index contributed by atoms with van der Waals surface area (Å²) in [7, 11) is 0. The molecule has 0 aliphatic carbocycles. The van der Waals surface area contributed by atoms with Crippen molar-refractivity contribution in [1.82, 2.24) is 0 Å². The monoisotopic (exact) mass is 309 g/mol. The Kier molecular flexibility index (Phi) is 6.42. The van der Waals surface area contributed by atoms with Gasteiger partial charge in [0.2, 0.25) is 0 Å². The fourth-order valence-corrected chi connectivity index (χ4v) is 1.99. The lowest BCUT2D eigenvalue weighted by Gasteiger charge is -2.10. The topological polar surface area (TPSA) is 30.8 Å². The van der Waals surface area contributed by atoms with Gasteiger partial charge < -0.3 is 9.57 Å². The van der Waals surface area contributed by atoms with Crippen LogP contribution in [0.5, 0.6) is 5.75 Å². The molecule has 0 fully saturated rings. The number of benzene rings is 2. The van der Waals surface area contributed by atoms with Gasteiger partial charge in [0.05, 0.1) is 0 Å². The molecule has 0 radical (unpaired) electrons. The Hall–Kier alpha value is -2.55. The van der Waals surface area contributed by atoms with E-state index in [0.717, 1.165) is 34.6 Å². The van der Waals surface area contributed by atoms with Crippen LogP contribution in [0, 0.1) is 0 Å². The van der Waals surface area contributed by atoms with Gasteiger partial charge in [-0.1, -0.05) is 49.0 Å². The maximum atomic E-state index is 5.71. The molecule has 2 rings (SSSR count). The van der Waals surface area contributed by atoms with E-state index < -0.39 is 0 Å². The number of oxime groups is 1. The maximum absolute atomic E-state index is 5.71. The average molecular weight is 309 g/mol. The molecule has 23 heavy (non-hydrogen) atoms. The van der Waals surface area contributed by atoms with Crippen LogP contribution >= 0.6 is 0 Å². The standard InChI is InChI=1S/C20H23NO2/c1-4-16(3)15-22-19-13-11-18(12-14-19)20(21-23-5-2)17-9-7-6-8-10-17/h6-14H,3-5,15H2,1-2H3/b21-20+. The number of ether oxygens (including phenoxy) is 1. The molecule has 0 heterocycles. The molecule has 0 spiro atoms. The first-order chi connectivity index (χ1) is 11.2. The Morgan fingerprint density at radius 1 is 0.957 bits per heavy atom. The van der Waals surface area contributed by atoms with E-state index in [9.17, 15) is 0 Å². The van der Waals surface area contributed by atoms with Gasteiger partial charge in [-0.05, 0) is 43.2 Å². The lowest BCUT2D eigenvalue weighted by atomic mass is 10.0. The van der Waals surface area contributed by atoms with Gasteiger partial charge in [0.1, 0.15) is 24.7 Å². The van der Waals surface area contributed by atoms with Crippen molar-refractivity contribution in [2.45, 2.75) is 20.3 Å². The van der Waals surface area contributed by atoms with Gasteiger partial charge in [0.15, 0.2) is 0 Å². The van der Waals surface area contributed by atoms with Crippen LogP contribution in [0.4, 0.5) is 0 Å². The zero-order chi connectivity index (χ0) is 16.5. The van der Waals surface area contributed by atoms with Crippen LogP contribution in [0.1, 0.15) is 31.4 Å². The van der Waals surface area contributed by atoms with Crippen LogP contribution in [0.2, 0.25) is 0 Å². The van der Waals surface area contributed by atoms with Crippen LogP contribution in [0.3, 0.4) is 0 Å². The second-order valence-corrected chi connectivity index (χ2v) is 5.14. The molecule has 3 nitrogen and oxygen atoms in total. The number of rotatable bonds is 8. The number of nitrogens with zero attached hydrogens (tertiary/aromatic N) is 1. The molecular formula is C20H23NO2. The molecule has 0 N–H and O–H groups in total. The van der Waals surface area contributed by atoms with Gasteiger partial charge in [-0.2, -0.15) is 0 Å². The summed E-state index contributed by atoms with van der Waals surface area (Å²) < 4.78 is 5.71. The summed E-state index contributed by atoms with van der Waals surface area (Å²) in [5, 5.41) is 4.26. The summed E-state index contributed by atoms with van der Waals surface area (Å²) >= 11 is 0. The van der Waals surface area contributed by atoms with Crippen molar-refractivity contribution in [2.24, 2.45) is 5.16 Å². The third-order valence-electron chi connectivity index (χ3n) is 3.40. The van der Waals surface area contributed by atoms with E-state index in [1.807, 2.05) is 61.5 Å². The van der Waals surface area contributed by atoms with E-state index in [1.165, 1.54) is 0 Å². The van der Waals surface area contributed by atoms with Crippen LogP contribution in [0.25, 0.3) is 0 Å². The first-order valence-electron chi connectivity index (χ1n) is 7.89. The molecule has 0 amide bonds. The lowest BCUT2D eigenvalue weighted by molar-refractivity contribution is 0.159. The van der Waals surface area contributed by atoms with Crippen molar-refractivity contribution >= 4 is 5.71 Å². The smallest absolute Gasteiger partial charge is 0.119 e. The fourth-order valence-electron chi connectivity index (χ4n) is 1.99. The Balaban J connectivity index is 2.18. The summed E-state index contributed by atoms with van der Waals surface area (Å²) in [5.41, 5.74) is 3.91. The summed E-state index contributed by atoms with van der Waals surface area (Å²) in [6.07, 6.45) is 0.928. The highest BCUT2D eigenvalue weighted by Crippen LogP contribution is 2.17. The van der Waals surface area contributed by atoms with Gasteiger partial charge in [-0.15, -0.1) is 0 Å². The van der Waals surface area contributed by atoms with Crippen molar-refractivity contribution in [3.05, 3.63) is 77.9 Å². The molecule has 0 saturated carbocycles. The Morgan fingerprint density at radius 2 is 1.61 bits per heavy atom. The lowest BCUT2D eigenvalue weighted by Crippen LogP contribution is -2.05. The predicted molar refractivity (Wildman–Crippen MR) is 95.1 cm³/mol. The molecule has 2 aromatic rings. The van der Waals surface area contributed by atoms with Gasteiger partial charge >= 0.3 is 0 Å². The van der Waals surface area contributed by atoms with E-state index >= 15 is 0 Å². The van der Waals surface area contributed by atoms with Gasteiger partial charge in [-0.25, -0.2) is 0 Å². The van der Waals surface area contributed by atoms with Gasteiger partial charge in [-0.3, -0.25) is 0 Å². The highest BCUT2D eigenvalue weighted by molar-refractivity contribution is 6.12. The quantitative estimate of drug-likeness (QED) is 0.397. The van der Waals surface area contributed by atoms with Crippen molar-refractivity contribution in [3.8, 4) is 5.75 Å². The largest absolute Gasteiger partial charge is 0.489 e. The highest BCUT2D eigenvalue weighted by atomic mass is 16.6. The third-order valence-corrected chi connectivity index (χ3v) is 3.40. The zero-order valence-electron chi connectivity index (χ0n) is 13.8. The number of hydrogen-bond acceptors (Lipinski definition) is 3. The van der Waals surface area contributed by atoms with Crippen molar-refractivity contribution in [2.75, 3.05) is 13.2 Å². The van der Waals surface area contributed by atoms with E-state index in [0.29, 0.717) is 13.2 Å². The Morgan fingerprint density at radius 3 is 2.22 bits per heavy atom. The Labute approximate surface area is 138 Å². The SMILES string of the molecule is C=C(CC)COc1ccc(/C(=N/OCC)c2ccccc2)cc1. The molecule has 0 aliphatic heterocycles. The van der Waals surface area contributed by atoms with E-state index in [4.69, 9.17) is 9.57 Å². The summed E-state index contributed by atoms with van der Waals surface area (Å²) in [6, 6.07) is 17.9. The maximum Gasteiger partial charge on any atom is 0.119 e. The minimum atomic E-state index is 0.538. The Bertz CT molecular complexity index is 645. The highest BCUT2D eigenvalue weighted by Gasteiger charge is 2.08. The molecule has 0 atom stereocenters. The van der Waals surface area contributed by atoms with Crippen LogP contribution in [-0.2, 0) is 4.84 Å². The summed E-state index contributed by atoms with van der Waals surface area (Å²) in [5.74, 6) is 0.826. The minimum absolute atomic E-state index is 0.538.